The zero-order chi connectivity index (χ0) is 12.6. The lowest BCUT2D eigenvalue weighted by Gasteiger charge is -2.35. The van der Waals surface area contributed by atoms with Gasteiger partial charge in [-0.05, 0) is 13.0 Å². The highest BCUT2D eigenvalue weighted by Gasteiger charge is 2.64. The smallest absolute Gasteiger partial charge is 0.361 e. The second-order valence-corrected chi connectivity index (χ2v) is 3.28. The van der Waals surface area contributed by atoms with E-state index in [2.05, 4.69) is 4.99 Å². The van der Waals surface area contributed by atoms with Gasteiger partial charge in [0.2, 0.25) is 5.41 Å². The Morgan fingerprint density at radius 3 is 2.06 bits per heavy atom. The second kappa shape index (κ2) is 3.53. The Hall–Kier alpha value is -2.02. The van der Waals surface area contributed by atoms with Crippen LogP contribution in [0.3, 0.4) is 0 Å². The van der Waals surface area contributed by atoms with Gasteiger partial charge in [0.1, 0.15) is 0 Å². The van der Waals surface area contributed by atoms with E-state index in [0.29, 0.717) is 0 Å². The zero-order valence-electron chi connectivity index (χ0n) is 8.25. The van der Waals surface area contributed by atoms with Crippen molar-refractivity contribution in [2.45, 2.75) is 12.6 Å². The summed E-state index contributed by atoms with van der Waals surface area (Å²) >= 11 is 0. The third-order valence-corrected chi connectivity index (χ3v) is 2.43. The lowest BCUT2D eigenvalue weighted by molar-refractivity contribution is -0.184. The van der Waals surface area contributed by atoms with Crippen molar-refractivity contribution >= 4 is 23.9 Å². The van der Waals surface area contributed by atoms with Crippen LogP contribution < -0.4 is 0 Å². The fourth-order valence-corrected chi connectivity index (χ4v) is 1.51. The molecule has 7 nitrogen and oxygen atoms in total. The fraction of sp³-hybridized carbons (Fsp3) is 0.333. The number of allylic oxidation sites excluding steroid dienone is 1. The highest BCUT2D eigenvalue weighted by molar-refractivity contribution is 6.11. The molecular weight excluding hydrogens is 218 g/mol. The number of Topliss-reactive ketones (excluding diaryl/α,β-unsaturated/α-hetero) is 1. The first kappa shape index (κ1) is 12.1. The van der Waals surface area contributed by atoms with E-state index in [1.165, 1.54) is 0 Å². The number of carbonyl (C=O) groups excluding carboxylic acids is 1. The molecule has 0 saturated heterocycles. The standard InChI is InChI=1S/C9H9NO6/c1-5(11)8(6(12)13)3-2-4-10-9(8,16)7(14)15/h2-4,16H,1H3,(H,12,13)(H,14,15). The summed E-state index contributed by atoms with van der Waals surface area (Å²) in [5.74, 6) is -4.68. The molecule has 0 aromatic rings. The van der Waals surface area contributed by atoms with Crippen LogP contribution in [0.2, 0.25) is 0 Å². The van der Waals surface area contributed by atoms with Gasteiger partial charge >= 0.3 is 11.9 Å². The molecule has 1 heterocycles. The number of hydrogen-bond acceptors (Lipinski definition) is 5. The Morgan fingerprint density at radius 2 is 1.75 bits per heavy atom. The lowest BCUT2D eigenvalue weighted by Crippen LogP contribution is -2.60. The molecule has 0 bridgehead atoms. The summed E-state index contributed by atoms with van der Waals surface area (Å²) in [7, 11) is 0. The van der Waals surface area contributed by atoms with E-state index in [1.807, 2.05) is 0 Å². The quantitative estimate of drug-likeness (QED) is 0.534. The first-order chi connectivity index (χ1) is 7.29. The van der Waals surface area contributed by atoms with E-state index in [0.717, 1.165) is 25.3 Å². The van der Waals surface area contributed by atoms with E-state index < -0.39 is 28.9 Å². The molecule has 0 aromatic carbocycles. The molecule has 0 spiro atoms. The second-order valence-electron chi connectivity index (χ2n) is 3.28. The summed E-state index contributed by atoms with van der Waals surface area (Å²) in [5.41, 5.74) is -5.60. The molecule has 1 aliphatic heterocycles. The number of carbonyl (C=O) groups is 3. The summed E-state index contributed by atoms with van der Waals surface area (Å²) in [6.07, 6.45) is 2.85. The van der Waals surface area contributed by atoms with Crippen LogP contribution >= 0.6 is 0 Å². The van der Waals surface area contributed by atoms with Gasteiger partial charge in [-0.15, -0.1) is 0 Å². The van der Waals surface area contributed by atoms with Gasteiger partial charge in [0.25, 0.3) is 5.72 Å². The number of carboxylic acids is 2. The number of aliphatic imine (C=N–C) groups is 1. The number of rotatable bonds is 3. The number of ketones is 1. The van der Waals surface area contributed by atoms with Gasteiger partial charge in [-0.2, -0.15) is 0 Å². The maximum atomic E-state index is 11.4. The van der Waals surface area contributed by atoms with Crippen molar-refractivity contribution in [3.63, 3.8) is 0 Å². The van der Waals surface area contributed by atoms with Crippen molar-refractivity contribution < 1.29 is 29.7 Å². The maximum Gasteiger partial charge on any atom is 0.361 e. The van der Waals surface area contributed by atoms with E-state index >= 15 is 0 Å². The highest BCUT2D eigenvalue weighted by atomic mass is 16.4. The van der Waals surface area contributed by atoms with Crippen LogP contribution in [0.15, 0.2) is 17.1 Å². The van der Waals surface area contributed by atoms with Crippen molar-refractivity contribution in [1.82, 2.24) is 0 Å². The van der Waals surface area contributed by atoms with Crippen LogP contribution in [0, 0.1) is 5.41 Å². The van der Waals surface area contributed by atoms with Gasteiger partial charge in [0, 0.05) is 6.21 Å². The Labute approximate surface area is 89.7 Å². The monoisotopic (exact) mass is 227 g/mol. The molecule has 0 radical (unpaired) electrons. The third kappa shape index (κ3) is 1.25. The van der Waals surface area contributed by atoms with Gasteiger partial charge in [0.05, 0.1) is 0 Å². The number of hydrogen-bond donors (Lipinski definition) is 3. The Balaban J connectivity index is 3.53. The number of nitrogens with zero attached hydrogens (tertiary/aromatic N) is 1. The molecule has 7 heteroatoms. The van der Waals surface area contributed by atoms with Crippen LogP contribution in [-0.2, 0) is 14.4 Å². The molecule has 0 amide bonds. The van der Waals surface area contributed by atoms with E-state index in [1.54, 1.807) is 0 Å². The van der Waals surface area contributed by atoms with Gasteiger partial charge in [0.15, 0.2) is 5.78 Å². The molecule has 0 saturated carbocycles. The molecule has 0 fully saturated rings. The average molecular weight is 227 g/mol. The Kier molecular flexibility index (Phi) is 2.66. The highest BCUT2D eigenvalue weighted by Crippen LogP contribution is 2.38. The molecule has 1 aliphatic rings. The first-order valence-electron chi connectivity index (χ1n) is 4.22. The SMILES string of the molecule is CC(=O)C1(C(=O)O)C=CC=NC1(O)C(=O)O. The summed E-state index contributed by atoms with van der Waals surface area (Å²) in [6.45, 7) is 0.882. The Bertz CT molecular complexity index is 410. The largest absolute Gasteiger partial charge is 0.480 e. The molecule has 0 aromatic heterocycles. The van der Waals surface area contributed by atoms with Crippen molar-refractivity contribution in [3.8, 4) is 0 Å². The minimum atomic E-state index is -3.01. The lowest BCUT2D eigenvalue weighted by atomic mass is 9.72. The molecule has 86 valence electrons. The average Bonchev–Trinajstić information content (AvgIpc) is 2.17. The first-order valence-corrected chi connectivity index (χ1v) is 4.22. The number of aliphatic hydroxyl groups is 1. The van der Waals surface area contributed by atoms with Crippen LogP contribution in [0.25, 0.3) is 0 Å². The zero-order valence-corrected chi connectivity index (χ0v) is 8.25. The fourth-order valence-electron chi connectivity index (χ4n) is 1.51. The van der Waals surface area contributed by atoms with Gasteiger partial charge in [-0.3, -0.25) is 9.59 Å². The maximum absolute atomic E-state index is 11.4. The van der Waals surface area contributed by atoms with Crippen molar-refractivity contribution in [2.24, 2.45) is 10.4 Å². The minimum absolute atomic E-state index is 0.818. The van der Waals surface area contributed by atoms with E-state index in [9.17, 15) is 19.5 Å². The van der Waals surface area contributed by atoms with Crippen molar-refractivity contribution in [3.05, 3.63) is 12.2 Å². The van der Waals surface area contributed by atoms with Gasteiger partial charge in [-0.25, -0.2) is 9.79 Å². The molecule has 16 heavy (non-hydrogen) atoms. The van der Waals surface area contributed by atoms with Crippen molar-refractivity contribution in [1.29, 1.82) is 0 Å². The normalized spacial score (nSPS) is 32.4. The Morgan fingerprint density at radius 1 is 1.19 bits per heavy atom. The summed E-state index contributed by atoms with van der Waals surface area (Å²) in [6, 6.07) is 0. The molecule has 2 unspecified atom stereocenters. The van der Waals surface area contributed by atoms with Gasteiger partial charge < -0.3 is 15.3 Å². The molecule has 2 atom stereocenters. The topological polar surface area (TPSA) is 124 Å². The van der Waals surface area contributed by atoms with Gasteiger partial charge in [-0.1, -0.05) is 6.08 Å². The molecule has 3 N–H and O–H groups in total. The van der Waals surface area contributed by atoms with Crippen LogP contribution in [0.4, 0.5) is 0 Å². The van der Waals surface area contributed by atoms with Crippen LogP contribution in [0.1, 0.15) is 6.92 Å². The predicted molar refractivity (Wildman–Crippen MR) is 51.0 cm³/mol. The molecule has 1 rings (SSSR count). The van der Waals surface area contributed by atoms with E-state index in [-0.39, 0.29) is 0 Å². The summed E-state index contributed by atoms with van der Waals surface area (Å²) in [4.78, 5) is 36.5. The molecular formula is C9H9NO6. The summed E-state index contributed by atoms with van der Waals surface area (Å²) in [5, 5.41) is 27.5. The predicted octanol–water partition coefficient (Wildman–Crippen LogP) is -0.940. The van der Waals surface area contributed by atoms with Crippen molar-refractivity contribution in [2.75, 3.05) is 0 Å². The number of carboxylic acid groups (broad SMARTS) is 2. The van der Waals surface area contributed by atoms with E-state index in [4.69, 9.17) is 10.2 Å². The molecule has 0 aliphatic carbocycles. The van der Waals surface area contributed by atoms with Crippen LogP contribution in [-0.4, -0.2) is 45.0 Å². The number of aliphatic carboxylic acids is 2. The number of dihydropyridines is 1. The van der Waals surface area contributed by atoms with Crippen LogP contribution in [0.5, 0.6) is 0 Å². The summed E-state index contributed by atoms with van der Waals surface area (Å²) < 4.78 is 0. The minimum Gasteiger partial charge on any atom is -0.480 e. The third-order valence-electron chi connectivity index (χ3n) is 2.43.